The number of aromatic nitrogens is 4. The molecule has 1 amide bonds. The highest BCUT2D eigenvalue weighted by Crippen LogP contribution is 2.31. The smallest absolute Gasteiger partial charge is 0.254 e. The van der Waals surface area contributed by atoms with Crippen LogP contribution >= 0.6 is 23.1 Å². The fourth-order valence-electron chi connectivity index (χ4n) is 3.65. The molecule has 0 bridgehead atoms. The molecule has 1 aliphatic rings. The number of thioether (sulfide) groups is 1. The van der Waals surface area contributed by atoms with E-state index in [1.54, 1.807) is 35.5 Å². The Hall–Kier alpha value is -2.79. The van der Waals surface area contributed by atoms with Gasteiger partial charge >= 0.3 is 0 Å². The van der Waals surface area contributed by atoms with Crippen molar-refractivity contribution >= 4 is 39.9 Å². The van der Waals surface area contributed by atoms with Crippen molar-refractivity contribution in [2.45, 2.75) is 11.8 Å². The van der Waals surface area contributed by atoms with E-state index in [2.05, 4.69) is 15.0 Å². The van der Waals surface area contributed by atoms with Crippen LogP contribution in [0.4, 0.5) is 0 Å². The third kappa shape index (κ3) is 4.14. The van der Waals surface area contributed by atoms with Gasteiger partial charge in [-0.3, -0.25) is 9.36 Å². The van der Waals surface area contributed by atoms with Crippen LogP contribution in [-0.2, 0) is 4.74 Å². The Labute approximate surface area is 193 Å². The second kappa shape index (κ2) is 9.37. The SMILES string of the molecule is CSc1cn(-c2ncc(-c3nc(C)cs3)cn2)c2cc(C(=O)N3CCOCC3)ccc12.O. The van der Waals surface area contributed by atoms with Gasteiger partial charge in [0.2, 0.25) is 5.95 Å². The lowest BCUT2D eigenvalue weighted by Crippen LogP contribution is -2.40. The van der Waals surface area contributed by atoms with Gasteiger partial charge in [-0.1, -0.05) is 6.07 Å². The lowest BCUT2D eigenvalue weighted by Gasteiger charge is -2.26. The minimum Gasteiger partial charge on any atom is -0.412 e. The first-order valence-corrected chi connectivity index (χ1v) is 12.1. The summed E-state index contributed by atoms with van der Waals surface area (Å²) in [5, 5.41) is 4.00. The first-order chi connectivity index (χ1) is 15.1. The van der Waals surface area contributed by atoms with Crippen LogP contribution in [0, 0.1) is 6.92 Å². The summed E-state index contributed by atoms with van der Waals surface area (Å²) in [7, 11) is 0. The average Bonchev–Trinajstić information content (AvgIpc) is 3.42. The molecule has 0 aliphatic carbocycles. The van der Waals surface area contributed by atoms with E-state index in [9.17, 15) is 4.79 Å². The van der Waals surface area contributed by atoms with Gasteiger partial charge in [0.25, 0.3) is 5.91 Å². The van der Waals surface area contributed by atoms with Gasteiger partial charge in [-0.15, -0.1) is 23.1 Å². The van der Waals surface area contributed by atoms with E-state index in [-0.39, 0.29) is 11.4 Å². The molecule has 1 aromatic carbocycles. The molecule has 166 valence electrons. The monoisotopic (exact) mass is 469 g/mol. The van der Waals surface area contributed by atoms with Gasteiger partial charge in [0, 0.05) is 64.2 Å². The van der Waals surface area contributed by atoms with Crippen LogP contribution in [-0.4, -0.2) is 68.4 Å². The number of benzene rings is 1. The van der Waals surface area contributed by atoms with E-state index >= 15 is 0 Å². The molecule has 4 heterocycles. The maximum Gasteiger partial charge on any atom is 0.254 e. The highest BCUT2D eigenvalue weighted by atomic mass is 32.2. The molecule has 8 nitrogen and oxygen atoms in total. The fourth-order valence-corrected chi connectivity index (χ4v) is 5.02. The quantitative estimate of drug-likeness (QED) is 0.425. The summed E-state index contributed by atoms with van der Waals surface area (Å²) in [6.45, 7) is 4.38. The molecule has 1 aliphatic heterocycles. The molecule has 1 fully saturated rings. The zero-order valence-corrected chi connectivity index (χ0v) is 19.4. The number of nitrogens with zero attached hydrogens (tertiary/aromatic N) is 5. The van der Waals surface area contributed by atoms with Crippen molar-refractivity contribution in [3.63, 3.8) is 0 Å². The number of rotatable bonds is 4. The number of ether oxygens (including phenoxy) is 1. The zero-order chi connectivity index (χ0) is 21.4. The Morgan fingerprint density at radius 1 is 1.19 bits per heavy atom. The molecule has 0 unspecified atom stereocenters. The van der Waals surface area contributed by atoms with Crippen molar-refractivity contribution in [2.75, 3.05) is 32.6 Å². The number of carbonyl (C=O) groups is 1. The molecule has 1 saturated heterocycles. The van der Waals surface area contributed by atoms with Crippen LogP contribution in [0.1, 0.15) is 16.1 Å². The maximum atomic E-state index is 13.0. The second-order valence-corrected chi connectivity index (χ2v) is 8.98. The first kappa shape index (κ1) is 22.4. The van der Waals surface area contributed by atoms with Crippen molar-refractivity contribution < 1.29 is 15.0 Å². The summed E-state index contributed by atoms with van der Waals surface area (Å²) in [5.74, 6) is 0.595. The lowest BCUT2D eigenvalue weighted by atomic mass is 10.1. The molecule has 0 spiro atoms. The van der Waals surface area contributed by atoms with Crippen molar-refractivity contribution in [1.82, 2.24) is 24.4 Å². The van der Waals surface area contributed by atoms with Crippen LogP contribution in [0.2, 0.25) is 0 Å². The zero-order valence-electron chi connectivity index (χ0n) is 17.7. The van der Waals surface area contributed by atoms with Crippen molar-refractivity contribution in [1.29, 1.82) is 0 Å². The Balaban J connectivity index is 0.00000245. The van der Waals surface area contributed by atoms with Crippen molar-refractivity contribution in [2.24, 2.45) is 0 Å². The predicted molar refractivity (Wildman–Crippen MR) is 127 cm³/mol. The number of hydrogen-bond donors (Lipinski definition) is 0. The number of morpholine rings is 1. The molecule has 4 aromatic rings. The summed E-state index contributed by atoms with van der Waals surface area (Å²) in [6.07, 6.45) is 7.67. The van der Waals surface area contributed by atoms with Gasteiger partial charge in [0.15, 0.2) is 0 Å². The first-order valence-electron chi connectivity index (χ1n) is 9.95. The second-order valence-electron chi connectivity index (χ2n) is 7.27. The molecule has 3 aromatic heterocycles. The number of carbonyl (C=O) groups excluding carboxylic acids is 1. The number of amides is 1. The summed E-state index contributed by atoms with van der Waals surface area (Å²) >= 11 is 3.24. The molecule has 5 rings (SSSR count). The van der Waals surface area contributed by atoms with E-state index < -0.39 is 0 Å². The number of aryl methyl sites for hydroxylation is 1. The van der Waals surface area contributed by atoms with Gasteiger partial charge < -0.3 is 15.1 Å². The summed E-state index contributed by atoms with van der Waals surface area (Å²) in [6, 6.07) is 5.85. The molecular formula is C22H23N5O3S2. The van der Waals surface area contributed by atoms with E-state index in [1.165, 1.54) is 0 Å². The maximum absolute atomic E-state index is 13.0. The van der Waals surface area contributed by atoms with Gasteiger partial charge in [-0.05, 0) is 25.3 Å². The Morgan fingerprint density at radius 3 is 2.59 bits per heavy atom. The van der Waals surface area contributed by atoms with E-state index in [0.717, 1.165) is 32.1 Å². The van der Waals surface area contributed by atoms with Crippen LogP contribution in [0.25, 0.3) is 27.4 Å². The summed E-state index contributed by atoms with van der Waals surface area (Å²) in [5.41, 5.74) is 3.46. The molecule has 2 N–H and O–H groups in total. The number of hydrogen-bond acceptors (Lipinski definition) is 7. The van der Waals surface area contributed by atoms with Crippen LogP contribution in [0.15, 0.2) is 47.1 Å². The summed E-state index contributed by atoms with van der Waals surface area (Å²) < 4.78 is 7.33. The summed E-state index contributed by atoms with van der Waals surface area (Å²) in [4.78, 5) is 29.6. The highest BCUT2D eigenvalue weighted by Gasteiger charge is 2.20. The van der Waals surface area contributed by atoms with Crippen LogP contribution in [0.3, 0.4) is 0 Å². The largest absolute Gasteiger partial charge is 0.412 e. The molecular weight excluding hydrogens is 446 g/mol. The third-order valence-corrected chi connectivity index (χ3v) is 7.03. The Bertz CT molecular complexity index is 1250. The van der Waals surface area contributed by atoms with Crippen molar-refractivity contribution in [3.05, 3.63) is 53.4 Å². The normalized spacial score (nSPS) is 13.9. The minimum absolute atomic E-state index is 0. The number of thiazole rings is 1. The van der Waals surface area contributed by atoms with Crippen LogP contribution in [0.5, 0.6) is 0 Å². The van der Waals surface area contributed by atoms with Gasteiger partial charge in [0.1, 0.15) is 5.01 Å². The molecule has 10 heteroatoms. The Morgan fingerprint density at radius 2 is 1.94 bits per heavy atom. The van der Waals surface area contributed by atoms with Gasteiger partial charge in [0.05, 0.1) is 18.7 Å². The van der Waals surface area contributed by atoms with Crippen molar-refractivity contribution in [3.8, 4) is 16.5 Å². The van der Waals surface area contributed by atoms with Gasteiger partial charge in [-0.2, -0.15) is 0 Å². The molecule has 0 atom stereocenters. The minimum atomic E-state index is 0. The average molecular weight is 470 g/mol. The lowest BCUT2D eigenvalue weighted by molar-refractivity contribution is 0.0303. The predicted octanol–water partition coefficient (Wildman–Crippen LogP) is 3.22. The van der Waals surface area contributed by atoms with E-state index in [4.69, 9.17) is 4.74 Å². The molecule has 0 radical (unpaired) electrons. The highest BCUT2D eigenvalue weighted by molar-refractivity contribution is 7.98. The van der Waals surface area contributed by atoms with E-state index in [0.29, 0.717) is 37.8 Å². The Kier molecular flexibility index (Phi) is 6.56. The molecule has 0 saturated carbocycles. The number of fused-ring (bicyclic) bond motifs is 1. The molecule has 32 heavy (non-hydrogen) atoms. The third-order valence-electron chi connectivity index (χ3n) is 5.25. The topological polar surface area (TPSA) is 105 Å². The van der Waals surface area contributed by atoms with Crippen LogP contribution < -0.4 is 0 Å². The fraction of sp³-hybridized carbons (Fsp3) is 0.273. The standard InChI is InChI=1S/C22H21N5O2S2.H2O/c1-14-13-31-20(25-14)16-10-23-22(24-11-16)27-12-19(30-2)17-4-3-15(9-18(17)27)21(28)26-5-7-29-8-6-26;/h3-4,9-13H,5-8H2,1-2H3;1H2. The van der Waals surface area contributed by atoms with Gasteiger partial charge in [-0.25, -0.2) is 15.0 Å². The van der Waals surface area contributed by atoms with E-state index in [1.807, 2.05) is 52.4 Å².